The summed E-state index contributed by atoms with van der Waals surface area (Å²) >= 11 is 0. The Hall–Kier alpha value is -4.00. The van der Waals surface area contributed by atoms with E-state index in [1.807, 2.05) is 68.4 Å². The smallest absolute Gasteiger partial charge is 0.267 e. The zero-order valence-corrected chi connectivity index (χ0v) is 17.8. The first kappa shape index (κ1) is 21.7. The highest BCUT2D eigenvalue weighted by Crippen LogP contribution is 2.23. The predicted molar refractivity (Wildman–Crippen MR) is 125 cm³/mol. The molecule has 4 N–H and O–H groups in total. The molecule has 31 heavy (non-hydrogen) atoms. The van der Waals surface area contributed by atoms with E-state index in [4.69, 9.17) is 11.1 Å². The highest BCUT2D eigenvalue weighted by Gasteiger charge is 2.21. The maximum absolute atomic E-state index is 13.6. The number of fused-ring (bicyclic) bond motifs is 1. The molecule has 0 spiro atoms. The third-order valence-corrected chi connectivity index (χ3v) is 5.15. The Balaban J connectivity index is 2.17. The molecule has 1 amide bonds. The number of benzene rings is 2. The van der Waals surface area contributed by atoms with Gasteiger partial charge in [-0.15, -0.1) is 0 Å². The fourth-order valence-electron chi connectivity index (χ4n) is 3.55. The minimum absolute atomic E-state index is 0.0899. The fourth-order valence-corrected chi connectivity index (χ4v) is 3.55. The normalized spacial score (nSPS) is 12.4. The second-order valence-corrected chi connectivity index (χ2v) is 7.24. The van der Waals surface area contributed by atoms with Crippen LogP contribution >= 0.6 is 0 Å². The van der Waals surface area contributed by atoms with E-state index in [9.17, 15) is 9.59 Å². The number of aliphatic imine (C=N–C) groups is 1. The molecular weight excluding hydrogens is 390 g/mol. The number of nitrogens with zero attached hydrogens (tertiary/aromatic N) is 2. The summed E-state index contributed by atoms with van der Waals surface area (Å²) in [4.78, 5) is 29.1. The Morgan fingerprint density at radius 1 is 1.19 bits per heavy atom. The summed E-state index contributed by atoms with van der Waals surface area (Å²) in [6, 6.07) is 16.7. The summed E-state index contributed by atoms with van der Waals surface area (Å²) in [6.07, 6.45) is 0. The van der Waals surface area contributed by atoms with E-state index in [0.717, 1.165) is 16.6 Å². The first-order valence-electron chi connectivity index (χ1n) is 9.78. The molecule has 0 saturated heterocycles. The van der Waals surface area contributed by atoms with Crippen LogP contribution in [0.25, 0.3) is 16.5 Å². The average Bonchev–Trinajstić information content (AvgIpc) is 2.76. The summed E-state index contributed by atoms with van der Waals surface area (Å²) in [5.74, 6) is -0.629. The molecule has 0 aliphatic rings. The van der Waals surface area contributed by atoms with Crippen LogP contribution in [0.5, 0.6) is 0 Å². The van der Waals surface area contributed by atoms with E-state index in [2.05, 4.69) is 16.9 Å². The lowest BCUT2D eigenvalue weighted by Gasteiger charge is -2.23. The van der Waals surface area contributed by atoms with Crippen molar-refractivity contribution in [1.29, 1.82) is 5.41 Å². The molecular formula is C24H25N5O2. The van der Waals surface area contributed by atoms with Crippen molar-refractivity contribution >= 4 is 28.2 Å². The number of nitrogens with two attached hydrogens (primary N) is 1. The molecule has 0 bridgehead atoms. The quantitative estimate of drug-likeness (QED) is 0.425. The number of carbonyl (C=O) groups is 1. The number of hydrogen-bond donors (Lipinski definition) is 3. The topological polar surface area (TPSA) is 113 Å². The van der Waals surface area contributed by atoms with Gasteiger partial charge in [-0.1, -0.05) is 43.0 Å². The lowest BCUT2D eigenvalue weighted by molar-refractivity contribution is -0.112. The number of aromatic nitrogens is 1. The van der Waals surface area contributed by atoms with Crippen LogP contribution in [0, 0.1) is 12.3 Å². The Bertz CT molecular complexity index is 1270. The molecule has 3 aromatic rings. The van der Waals surface area contributed by atoms with Gasteiger partial charge in [-0.05, 0) is 43.0 Å². The van der Waals surface area contributed by atoms with E-state index >= 15 is 0 Å². The average molecular weight is 415 g/mol. The molecule has 158 valence electrons. The number of rotatable bonds is 6. The second kappa shape index (κ2) is 8.79. The molecule has 1 atom stereocenters. The third-order valence-electron chi connectivity index (χ3n) is 5.15. The molecule has 7 heteroatoms. The number of carbonyl (C=O) groups excluding carboxylic acids is 1. The lowest BCUT2D eigenvalue weighted by Crippen LogP contribution is -2.36. The molecule has 0 radical (unpaired) electrons. The SMILES string of the molecule is C=C(C(=N)C(N)=O)C(=NC)N[C@@H](C)c1cc2cccc(C)c2c(=O)n1-c1ccccc1. The van der Waals surface area contributed by atoms with Crippen molar-refractivity contribution in [3.63, 3.8) is 0 Å². The van der Waals surface area contributed by atoms with Gasteiger partial charge in [0.1, 0.15) is 11.5 Å². The van der Waals surface area contributed by atoms with Gasteiger partial charge in [0, 0.05) is 24.0 Å². The Morgan fingerprint density at radius 3 is 2.48 bits per heavy atom. The van der Waals surface area contributed by atoms with Crippen molar-refractivity contribution in [2.45, 2.75) is 19.9 Å². The standard InChI is InChI=1S/C24H25N5O2/c1-14-9-8-10-17-13-19(16(3)28-23(27-4)15(2)21(25)22(26)30)29(24(31)20(14)17)18-11-6-5-7-12-18/h5-13,16,25H,2H2,1,3-4H3,(H2,26,30)(H,27,28)/t16-/m0/s1. The van der Waals surface area contributed by atoms with Crippen LogP contribution in [0.15, 0.2) is 76.5 Å². The van der Waals surface area contributed by atoms with Crippen molar-refractivity contribution in [1.82, 2.24) is 9.88 Å². The maximum atomic E-state index is 13.6. The highest BCUT2D eigenvalue weighted by molar-refractivity contribution is 6.49. The molecule has 2 aromatic carbocycles. The van der Waals surface area contributed by atoms with Crippen LogP contribution < -0.4 is 16.6 Å². The number of nitrogens with one attached hydrogen (secondary N) is 2. The lowest BCUT2D eigenvalue weighted by atomic mass is 10.0. The van der Waals surface area contributed by atoms with Gasteiger partial charge in [0.2, 0.25) is 0 Å². The minimum atomic E-state index is -0.886. The molecule has 0 aliphatic heterocycles. The first-order chi connectivity index (χ1) is 14.8. The third kappa shape index (κ3) is 4.16. The monoisotopic (exact) mass is 415 g/mol. The van der Waals surface area contributed by atoms with E-state index in [1.165, 1.54) is 7.05 Å². The van der Waals surface area contributed by atoms with Crippen LogP contribution in [0.3, 0.4) is 0 Å². The van der Waals surface area contributed by atoms with E-state index in [-0.39, 0.29) is 17.0 Å². The molecule has 0 fully saturated rings. The highest BCUT2D eigenvalue weighted by atomic mass is 16.1. The van der Waals surface area contributed by atoms with Gasteiger partial charge in [-0.2, -0.15) is 0 Å². The van der Waals surface area contributed by atoms with Gasteiger partial charge < -0.3 is 11.1 Å². The number of hydrogen-bond acceptors (Lipinski definition) is 4. The van der Waals surface area contributed by atoms with Crippen molar-refractivity contribution in [2.24, 2.45) is 10.7 Å². The molecule has 1 heterocycles. The van der Waals surface area contributed by atoms with Crippen LogP contribution in [0.2, 0.25) is 0 Å². The van der Waals surface area contributed by atoms with Gasteiger partial charge in [0.15, 0.2) is 0 Å². The summed E-state index contributed by atoms with van der Waals surface area (Å²) in [5, 5.41) is 12.5. The van der Waals surface area contributed by atoms with E-state index in [0.29, 0.717) is 11.1 Å². The molecule has 0 aliphatic carbocycles. The number of amides is 1. The molecule has 7 nitrogen and oxygen atoms in total. The number of aryl methyl sites for hydroxylation is 1. The predicted octanol–water partition coefficient (Wildman–Crippen LogP) is 3.04. The van der Waals surface area contributed by atoms with Crippen LogP contribution in [-0.4, -0.2) is 29.1 Å². The molecule has 0 unspecified atom stereocenters. The van der Waals surface area contributed by atoms with E-state index < -0.39 is 17.7 Å². The Morgan fingerprint density at radius 2 is 1.87 bits per heavy atom. The van der Waals surface area contributed by atoms with Gasteiger partial charge in [-0.25, -0.2) is 0 Å². The summed E-state index contributed by atoms with van der Waals surface area (Å²) in [5.41, 5.74) is 7.10. The molecule has 0 saturated carbocycles. The maximum Gasteiger partial charge on any atom is 0.267 e. The number of pyridine rings is 1. The zero-order chi connectivity index (χ0) is 22.7. The Labute approximate surface area is 180 Å². The zero-order valence-electron chi connectivity index (χ0n) is 17.8. The van der Waals surface area contributed by atoms with Gasteiger partial charge in [-0.3, -0.25) is 24.6 Å². The minimum Gasteiger partial charge on any atom is -0.364 e. The van der Waals surface area contributed by atoms with Crippen LogP contribution in [0.1, 0.15) is 24.2 Å². The number of amidine groups is 1. The summed E-state index contributed by atoms with van der Waals surface area (Å²) in [6.45, 7) is 7.56. The fraction of sp³-hybridized carbons (Fsp3) is 0.167. The number of primary amides is 1. The summed E-state index contributed by atoms with van der Waals surface area (Å²) in [7, 11) is 1.53. The van der Waals surface area contributed by atoms with Crippen molar-refractivity contribution in [3.8, 4) is 5.69 Å². The van der Waals surface area contributed by atoms with Gasteiger partial charge in [0.25, 0.3) is 11.5 Å². The first-order valence-corrected chi connectivity index (χ1v) is 9.78. The van der Waals surface area contributed by atoms with Crippen LogP contribution in [-0.2, 0) is 4.79 Å². The van der Waals surface area contributed by atoms with Crippen molar-refractivity contribution < 1.29 is 4.79 Å². The second-order valence-electron chi connectivity index (χ2n) is 7.24. The number of para-hydroxylation sites is 1. The molecule has 3 rings (SSSR count). The van der Waals surface area contributed by atoms with E-state index in [1.54, 1.807) is 4.57 Å². The Kier molecular flexibility index (Phi) is 6.15. The van der Waals surface area contributed by atoms with Crippen molar-refractivity contribution in [2.75, 3.05) is 7.05 Å². The van der Waals surface area contributed by atoms with Crippen molar-refractivity contribution in [3.05, 3.63) is 88.4 Å². The largest absolute Gasteiger partial charge is 0.364 e. The summed E-state index contributed by atoms with van der Waals surface area (Å²) < 4.78 is 1.67. The van der Waals surface area contributed by atoms with Gasteiger partial charge >= 0.3 is 0 Å². The van der Waals surface area contributed by atoms with Crippen LogP contribution in [0.4, 0.5) is 0 Å². The molecule has 1 aromatic heterocycles. The van der Waals surface area contributed by atoms with Gasteiger partial charge in [0.05, 0.1) is 11.4 Å².